The molecule has 1 aliphatic rings. The van der Waals surface area contributed by atoms with Crippen LogP contribution in [0.15, 0.2) is 18.2 Å². The van der Waals surface area contributed by atoms with Crippen LogP contribution in [0.4, 0.5) is 5.69 Å². The molecule has 1 saturated heterocycles. The summed E-state index contributed by atoms with van der Waals surface area (Å²) in [5, 5.41) is 0.798. The summed E-state index contributed by atoms with van der Waals surface area (Å²) >= 11 is 6.09. The molecule has 21 heavy (non-hydrogen) atoms. The molecule has 1 aromatic carbocycles. The Morgan fingerprint density at radius 1 is 1.43 bits per heavy atom. The van der Waals surface area contributed by atoms with Crippen LogP contribution in [0, 0.1) is 6.92 Å². The lowest BCUT2D eigenvalue weighted by Gasteiger charge is -2.41. The van der Waals surface area contributed by atoms with E-state index >= 15 is 0 Å². The van der Waals surface area contributed by atoms with Crippen LogP contribution >= 0.6 is 11.6 Å². The van der Waals surface area contributed by atoms with Gasteiger partial charge in [-0.3, -0.25) is 9.69 Å². The van der Waals surface area contributed by atoms with Crippen LogP contribution in [0.1, 0.15) is 19.4 Å². The maximum atomic E-state index is 11.6. The molecule has 116 valence electrons. The van der Waals surface area contributed by atoms with Crippen LogP contribution in [0.25, 0.3) is 0 Å². The fourth-order valence-corrected chi connectivity index (χ4v) is 2.87. The van der Waals surface area contributed by atoms with Gasteiger partial charge < -0.3 is 9.64 Å². The third-order valence-corrected chi connectivity index (χ3v) is 4.27. The molecule has 0 bridgehead atoms. The Bertz CT molecular complexity index is 507. The first-order valence-corrected chi connectivity index (χ1v) is 7.79. The molecule has 1 aliphatic heterocycles. The van der Waals surface area contributed by atoms with E-state index in [0.29, 0.717) is 19.2 Å². The number of esters is 1. The number of ether oxygens (including phenoxy) is 1. The van der Waals surface area contributed by atoms with Crippen molar-refractivity contribution in [2.24, 2.45) is 0 Å². The molecule has 1 fully saturated rings. The molecule has 0 aromatic heterocycles. The number of piperazine rings is 1. The highest BCUT2D eigenvalue weighted by Crippen LogP contribution is 2.25. The van der Waals surface area contributed by atoms with Gasteiger partial charge >= 0.3 is 5.97 Å². The van der Waals surface area contributed by atoms with Crippen molar-refractivity contribution in [2.45, 2.75) is 26.8 Å². The van der Waals surface area contributed by atoms with E-state index in [0.717, 1.165) is 30.2 Å². The summed E-state index contributed by atoms with van der Waals surface area (Å²) in [5.41, 5.74) is 2.29. The zero-order valence-electron chi connectivity index (χ0n) is 12.9. The van der Waals surface area contributed by atoms with Gasteiger partial charge in [0, 0.05) is 36.4 Å². The summed E-state index contributed by atoms with van der Waals surface area (Å²) < 4.78 is 5.01. The molecule has 2 rings (SSSR count). The Kier molecular flexibility index (Phi) is 5.48. The van der Waals surface area contributed by atoms with E-state index in [1.807, 2.05) is 19.9 Å². The second kappa shape index (κ2) is 7.14. The first-order valence-electron chi connectivity index (χ1n) is 7.42. The molecule has 1 heterocycles. The van der Waals surface area contributed by atoms with Crippen LogP contribution in [-0.2, 0) is 9.53 Å². The van der Waals surface area contributed by atoms with Crippen LogP contribution in [0.3, 0.4) is 0 Å². The highest BCUT2D eigenvalue weighted by Gasteiger charge is 2.25. The van der Waals surface area contributed by atoms with E-state index in [9.17, 15) is 4.79 Å². The smallest absolute Gasteiger partial charge is 0.320 e. The van der Waals surface area contributed by atoms with E-state index < -0.39 is 0 Å². The number of hydrogen-bond donors (Lipinski definition) is 0. The Labute approximate surface area is 131 Å². The highest BCUT2D eigenvalue weighted by molar-refractivity contribution is 6.31. The SMILES string of the molecule is CCOC(=O)CN1CCN(c2ccc(Cl)c(C)c2)[C@H](C)C1. The number of aryl methyl sites for hydroxylation is 1. The van der Waals surface area contributed by atoms with Crippen molar-refractivity contribution in [2.75, 3.05) is 37.7 Å². The lowest BCUT2D eigenvalue weighted by molar-refractivity contribution is -0.144. The highest BCUT2D eigenvalue weighted by atomic mass is 35.5. The maximum absolute atomic E-state index is 11.6. The zero-order chi connectivity index (χ0) is 15.4. The van der Waals surface area contributed by atoms with Crippen molar-refractivity contribution in [1.82, 2.24) is 4.90 Å². The van der Waals surface area contributed by atoms with Crippen molar-refractivity contribution < 1.29 is 9.53 Å². The minimum atomic E-state index is -0.138. The molecular formula is C16H23ClN2O2. The van der Waals surface area contributed by atoms with Gasteiger partial charge in [-0.25, -0.2) is 0 Å². The summed E-state index contributed by atoms with van der Waals surface area (Å²) in [4.78, 5) is 16.1. The average molecular weight is 311 g/mol. The zero-order valence-corrected chi connectivity index (χ0v) is 13.7. The fourth-order valence-electron chi connectivity index (χ4n) is 2.76. The number of carbonyl (C=O) groups is 1. The molecule has 0 saturated carbocycles. The predicted molar refractivity (Wildman–Crippen MR) is 86.1 cm³/mol. The summed E-state index contributed by atoms with van der Waals surface area (Å²) in [7, 11) is 0. The number of hydrogen-bond acceptors (Lipinski definition) is 4. The largest absolute Gasteiger partial charge is 0.465 e. The summed E-state index contributed by atoms with van der Waals surface area (Å²) in [6, 6.07) is 6.49. The minimum absolute atomic E-state index is 0.138. The van der Waals surface area contributed by atoms with Gasteiger partial charge in [0.2, 0.25) is 0 Å². The molecule has 4 nitrogen and oxygen atoms in total. The Morgan fingerprint density at radius 3 is 2.81 bits per heavy atom. The lowest BCUT2D eigenvalue weighted by Crippen LogP contribution is -2.53. The molecule has 5 heteroatoms. The summed E-state index contributed by atoms with van der Waals surface area (Å²) in [6.07, 6.45) is 0. The van der Waals surface area contributed by atoms with E-state index in [1.54, 1.807) is 0 Å². The van der Waals surface area contributed by atoms with Crippen molar-refractivity contribution in [3.8, 4) is 0 Å². The number of rotatable bonds is 4. The molecule has 0 unspecified atom stereocenters. The van der Waals surface area contributed by atoms with E-state index in [-0.39, 0.29) is 5.97 Å². The van der Waals surface area contributed by atoms with Gasteiger partial charge in [-0.15, -0.1) is 0 Å². The topological polar surface area (TPSA) is 32.8 Å². The van der Waals surface area contributed by atoms with Crippen LogP contribution in [0.2, 0.25) is 5.02 Å². The van der Waals surface area contributed by atoms with Crippen molar-refractivity contribution in [3.63, 3.8) is 0 Å². The van der Waals surface area contributed by atoms with Gasteiger partial charge in [0.15, 0.2) is 0 Å². The van der Waals surface area contributed by atoms with Gasteiger partial charge in [0.25, 0.3) is 0 Å². The molecule has 1 atom stereocenters. The molecule has 0 aliphatic carbocycles. The van der Waals surface area contributed by atoms with Crippen molar-refractivity contribution in [1.29, 1.82) is 0 Å². The molecule has 0 radical (unpaired) electrons. The molecular weight excluding hydrogens is 288 g/mol. The fraction of sp³-hybridized carbons (Fsp3) is 0.562. The monoisotopic (exact) mass is 310 g/mol. The van der Waals surface area contributed by atoms with Crippen molar-refractivity contribution >= 4 is 23.3 Å². The minimum Gasteiger partial charge on any atom is -0.465 e. The Hall–Kier alpha value is -1.26. The number of halogens is 1. The van der Waals surface area contributed by atoms with Crippen LogP contribution in [0.5, 0.6) is 0 Å². The number of anilines is 1. The van der Waals surface area contributed by atoms with E-state index in [2.05, 4.69) is 28.9 Å². The first kappa shape index (κ1) is 16.1. The summed E-state index contributed by atoms with van der Waals surface area (Å²) in [6.45, 7) is 9.49. The van der Waals surface area contributed by atoms with Gasteiger partial charge in [-0.05, 0) is 44.5 Å². The second-order valence-electron chi connectivity index (χ2n) is 5.52. The number of nitrogens with zero attached hydrogens (tertiary/aromatic N) is 2. The van der Waals surface area contributed by atoms with Crippen molar-refractivity contribution in [3.05, 3.63) is 28.8 Å². The number of benzene rings is 1. The molecule has 1 aromatic rings. The quantitative estimate of drug-likeness (QED) is 0.801. The normalized spacial score (nSPS) is 19.6. The van der Waals surface area contributed by atoms with Crippen LogP contribution in [-0.4, -0.2) is 49.7 Å². The van der Waals surface area contributed by atoms with Gasteiger partial charge in [0.05, 0.1) is 13.2 Å². The third-order valence-electron chi connectivity index (χ3n) is 3.84. The number of carbonyl (C=O) groups excluding carboxylic acids is 1. The Morgan fingerprint density at radius 2 is 2.19 bits per heavy atom. The second-order valence-corrected chi connectivity index (χ2v) is 5.92. The van der Waals surface area contributed by atoms with Gasteiger partial charge in [-0.2, -0.15) is 0 Å². The first-order chi connectivity index (χ1) is 10.0. The molecule has 0 spiro atoms. The standard InChI is InChI=1S/C16H23ClN2O2/c1-4-21-16(20)11-18-7-8-19(13(3)10-18)14-5-6-15(17)12(2)9-14/h5-6,9,13H,4,7-8,10-11H2,1-3H3/t13-/m1/s1. The molecule has 0 N–H and O–H groups in total. The summed E-state index contributed by atoms with van der Waals surface area (Å²) in [5.74, 6) is -0.138. The van der Waals surface area contributed by atoms with Crippen LogP contribution < -0.4 is 4.90 Å². The third kappa shape index (κ3) is 4.11. The Balaban J connectivity index is 1.97. The average Bonchev–Trinajstić information content (AvgIpc) is 2.42. The predicted octanol–water partition coefficient (Wildman–Crippen LogP) is 2.72. The van der Waals surface area contributed by atoms with Gasteiger partial charge in [0.1, 0.15) is 0 Å². The van der Waals surface area contributed by atoms with E-state index in [1.165, 1.54) is 5.69 Å². The lowest BCUT2D eigenvalue weighted by atomic mass is 10.1. The molecule has 0 amide bonds. The van der Waals surface area contributed by atoms with Gasteiger partial charge in [-0.1, -0.05) is 11.6 Å². The maximum Gasteiger partial charge on any atom is 0.320 e. The van der Waals surface area contributed by atoms with E-state index in [4.69, 9.17) is 16.3 Å².